The highest BCUT2D eigenvalue weighted by Crippen LogP contribution is 2.12. The Hall–Kier alpha value is -2.56. The summed E-state index contributed by atoms with van der Waals surface area (Å²) in [5, 5.41) is 5.78. The number of carbonyl (C=O) groups excluding carboxylic acids is 1. The maximum Gasteiger partial charge on any atom is 0.315 e. The van der Waals surface area contributed by atoms with E-state index < -0.39 is 0 Å². The number of rotatable bonds is 7. The van der Waals surface area contributed by atoms with Crippen LogP contribution in [-0.4, -0.2) is 24.2 Å². The number of aromatic nitrogens is 1. The van der Waals surface area contributed by atoms with Crippen LogP contribution in [0.5, 0.6) is 5.88 Å². The lowest BCUT2D eigenvalue weighted by Gasteiger charge is -2.15. The van der Waals surface area contributed by atoms with Crippen molar-refractivity contribution < 1.29 is 9.53 Å². The van der Waals surface area contributed by atoms with Gasteiger partial charge in [0.1, 0.15) is 0 Å². The summed E-state index contributed by atoms with van der Waals surface area (Å²) in [7, 11) is 1.57. The first-order valence-electron chi connectivity index (χ1n) is 7.75. The number of carbonyl (C=O) groups is 1. The molecule has 2 N–H and O–H groups in total. The van der Waals surface area contributed by atoms with Crippen LogP contribution in [0.4, 0.5) is 4.79 Å². The Kier molecular flexibility index (Phi) is 6.41. The van der Waals surface area contributed by atoms with E-state index in [-0.39, 0.29) is 12.1 Å². The largest absolute Gasteiger partial charge is 0.481 e. The monoisotopic (exact) mass is 313 g/mol. The lowest BCUT2D eigenvalue weighted by atomic mass is 10.1. The van der Waals surface area contributed by atoms with E-state index in [1.807, 2.05) is 37.3 Å². The number of hydrogen-bond donors (Lipinski definition) is 2. The van der Waals surface area contributed by atoms with E-state index in [9.17, 15) is 4.79 Å². The van der Waals surface area contributed by atoms with Crippen LogP contribution in [0, 0.1) is 0 Å². The molecule has 2 aromatic rings. The third-order valence-electron chi connectivity index (χ3n) is 3.57. The number of methoxy groups -OCH3 is 1. The molecule has 2 amide bonds. The first-order chi connectivity index (χ1) is 11.2. The number of nitrogens with zero attached hydrogens (tertiary/aromatic N) is 1. The number of aryl methyl sites for hydroxylation is 1. The van der Waals surface area contributed by atoms with Gasteiger partial charge in [-0.1, -0.05) is 36.4 Å². The Morgan fingerprint density at radius 2 is 2.00 bits per heavy atom. The maximum absolute atomic E-state index is 12.0. The van der Waals surface area contributed by atoms with Crippen molar-refractivity contribution in [3.63, 3.8) is 0 Å². The van der Waals surface area contributed by atoms with Crippen molar-refractivity contribution in [3.05, 3.63) is 59.8 Å². The molecule has 122 valence electrons. The predicted molar refractivity (Wildman–Crippen MR) is 90.4 cm³/mol. The van der Waals surface area contributed by atoms with Gasteiger partial charge >= 0.3 is 6.03 Å². The van der Waals surface area contributed by atoms with Crippen LogP contribution in [0.2, 0.25) is 0 Å². The van der Waals surface area contributed by atoms with Gasteiger partial charge < -0.3 is 15.4 Å². The number of benzene rings is 1. The standard InChI is InChI=1S/C18H23N3O2/c1-14(10-11-15-7-4-3-5-8-15)21-18(22)20-13-16-9-6-12-19-17(16)23-2/h3-9,12,14H,10-11,13H2,1-2H3,(H2,20,21,22)/t14-/m1/s1. The normalized spacial score (nSPS) is 11.6. The molecule has 0 aliphatic rings. The molecule has 0 aliphatic carbocycles. The summed E-state index contributed by atoms with van der Waals surface area (Å²) in [6.07, 6.45) is 3.50. The minimum absolute atomic E-state index is 0.103. The van der Waals surface area contributed by atoms with E-state index in [0.717, 1.165) is 18.4 Å². The van der Waals surface area contributed by atoms with Crippen LogP contribution in [-0.2, 0) is 13.0 Å². The van der Waals surface area contributed by atoms with Gasteiger partial charge in [0.15, 0.2) is 0 Å². The van der Waals surface area contributed by atoms with Crippen LogP contribution in [0.3, 0.4) is 0 Å². The highest BCUT2D eigenvalue weighted by molar-refractivity contribution is 5.74. The highest BCUT2D eigenvalue weighted by Gasteiger charge is 2.09. The zero-order chi connectivity index (χ0) is 16.5. The molecule has 0 aliphatic heterocycles. The molecule has 5 nitrogen and oxygen atoms in total. The fourth-order valence-corrected chi connectivity index (χ4v) is 2.29. The minimum Gasteiger partial charge on any atom is -0.481 e. The summed E-state index contributed by atoms with van der Waals surface area (Å²) in [4.78, 5) is 16.1. The first-order valence-corrected chi connectivity index (χ1v) is 7.75. The Morgan fingerprint density at radius 1 is 1.22 bits per heavy atom. The van der Waals surface area contributed by atoms with Crippen molar-refractivity contribution in [1.29, 1.82) is 0 Å². The third-order valence-corrected chi connectivity index (χ3v) is 3.57. The first kappa shape index (κ1) is 16.8. The summed E-state index contributed by atoms with van der Waals surface area (Å²) in [6.45, 7) is 2.39. The van der Waals surface area contributed by atoms with Gasteiger partial charge in [0.25, 0.3) is 0 Å². The van der Waals surface area contributed by atoms with Crippen LogP contribution < -0.4 is 15.4 Å². The maximum atomic E-state index is 12.0. The van der Waals surface area contributed by atoms with Crippen molar-refractivity contribution in [1.82, 2.24) is 15.6 Å². The topological polar surface area (TPSA) is 63.2 Å². The Balaban J connectivity index is 1.73. The zero-order valence-corrected chi connectivity index (χ0v) is 13.6. The zero-order valence-electron chi connectivity index (χ0n) is 13.6. The van der Waals surface area contributed by atoms with Gasteiger partial charge in [-0.05, 0) is 31.4 Å². The minimum atomic E-state index is -0.184. The molecule has 1 aromatic heterocycles. The van der Waals surface area contributed by atoms with E-state index in [0.29, 0.717) is 12.4 Å². The SMILES string of the molecule is COc1ncccc1CNC(=O)N[C@H](C)CCc1ccccc1. The molecule has 0 spiro atoms. The van der Waals surface area contributed by atoms with Gasteiger partial charge in [0.2, 0.25) is 5.88 Å². The highest BCUT2D eigenvalue weighted by atomic mass is 16.5. The van der Waals surface area contributed by atoms with Crippen LogP contribution in [0.1, 0.15) is 24.5 Å². The number of urea groups is 1. The third kappa shape index (κ3) is 5.62. The molecule has 0 unspecified atom stereocenters. The lowest BCUT2D eigenvalue weighted by Crippen LogP contribution is -2.40. The second-order valence-electron chi connectivity index (χ2n) is 5.42. The van der Waals surface area contributed by atoms with Crippen molar-refractivity contribution in [2.75, 3.05) is 7.11 Å². The molecule has 0 fully saturated rings. The van der Waals surface area contributed by atoms with Gasteiger partial charge in [-0.25, -0.2) is 9.78 Å². The smallest absolute Gasteiger partial charge is 0.315 e. The van der Waals surface area contributed by atoms with E-state index in [4.69, 9.17) is 4.74 Å². The Labute approximate surface area is 137 Å². The predicted octanol–water partition coefficient (Wildman–Crippen LogP) is 2.91. The number of amides is 2. The second kappa shape index (κ2) is 8.78. The quantitative estimate of drug-likeness (QED) is 0.826. The molecule has 0 radical (unpaired) electrons. The summed E-state index contributed by atoms with van der Waals surface area (Å²) in [6, 6.07) is 13.9. The number of nitrogens with one attached hydrogen (secondary N) is 2. The summed E-state index contributed by atoms with van der Waals surface area (Å²) in [5.74, 6) is 0.532. The van der Waals surface area contributed by atoms with E-state index >= 15 is 0 Å². The Morgan fingerprint density at radius 3 is 2.74 bits per heavy atom. The summed E-state index contributed by atoms with van der Waals surface area (Å²) >= 11 is 0. The van der Waals surface area contributed by atoms with E-state index in [1.54, 1.807) is 13.3 Å². The van der Waals surface area contributed by atoms with Crippen LogP contribution >= 0.6 is 0 Å². The molecule has 5 heteroatoms. The van der Waals surface area contributed by atoms with Crippen LogP contribution in [0.25, 0.3) is 0 Å². The van der Waals surface area contributed by atoms with Gasteiger partial charge in [0, 0.05) is 24.3 Å². The second-order valence-corrected chi connectivity index (χ2v) is 5.42. The average molecular weight is 313 g/mol. The van der Waals surface area contributed by atoms with Crippen molar-refractivity contribution >= 4 is 6.03 Å². The molecule has 0 bridgehead atoms. The van der Waals surface area contributed by atoms with Gasteiger partial charge in [-0.2, -0.15) is 0 Å². The molecule has 2 rings (SSSR count). The van der Waals surface area contributed by atoms with Gasteiger partial charge in [-0.3, -0.25) is 0 Å². The van der Waals surface area contributed by atoms with Crippen molar-refractivity contribution in [2.24, 2.45) is 0 Å². The molecule has 0 saturated carbocycles. The summed E-state index contributed by atoms with van der Waals surface area (Å²) in [5.41, 5.74) is 2.13. The summed E-state index contributed by atoms with van der Waals surface area (Å²) < 4.78 is 5.16. The van der Waals surface area contributed by atoms with E-state index in [1.165, 1.54) is 5.56 Å². The van der Waals surface area contributed by atoms with Gasteiger partial charge in [0.05, 0.1) is 7.11 Å². The molecule has 0 saturated heterocycles. The molecule has 23 heavy (non-hydrogen) atoms. The molecule has 1 aromatic carbocycles. The van der Waals surface area contributed by atoms with Gasteiger partial charge in [-0.15, -0.1) is 0 Å². The lowest BCUT2D eigenvalue weighted by molar-refractivity contribution is 0.236. The van der Waals surface area contributed by atoms with Crippen LogP contribution in [0.15, 0.2) is 48.7 Å². The molecule has 1 heterocycles. The Bertz CT molecular complexity index is 617. The fourth-order valence-electron chi connectivity index (χ4n) is 2.29. The molecular weight excluding hydrogens is 290 g/mol. The van der Waals surface area contributed by atoms with Crippen molar-refractivity contribution in [3.8, 4) is 5.88 Å². The van der Waals surface area contributed by atoms with E-state index in [2.05, 4.69) is 27.8 Å². The average Bonchev–Trinajstić information content (AvgIpc) is 2.59. The number of ether oxygens (including phenoxy) is 1. The molecule has 1 atom stereocenters. The molecular formula is C18H23N3O2. The fraction of sp³-hybridized carbons (Fsp3) is 0.333. The number of pyridine rings is 1. The number of hydrogen-bond acceptors (Lipinski definition) is 3. The van der Waals surface area contributed by atoms with Crippen molar-refractivity contribution in [2.45, 2.75) is 32.4 Å².